The second-order valence-electron chi connectivity index (χ2n) is 7.41. The van der Waals surface area contributed by atoms with Gasteiger partial charge in [0.2, 0.25) is 0 Å². The van der Waals surface area contributed by atoms with Crippen LogP contribution < -0.4 is 5.32 Å². The van der Waals surface area contributed by atoms with Crippen molar-refractivity contribution in [2.24, 2.45) is 5.92 Å². The van der Waals surface area contributed by atoms with Gasteiger partial charge in [-0.3, -0.25) is 4.79 Å². The van der Waals surface area contributed by atoms with E-state index in [2.05, 4.69) is 5.32 Å². The number of aliphatic hydroxyl groups is 1. The topological polar surface area (TPSA) is 75.6 Å². The van der Waals surface area contributed by atoms with Crippen LogP contribution in [0.25, 0.3) is 0 Å². The van der Waals surface area contributed by atoms with E-state index in [0.29, 0.717) is 30.3 Å². The summed E-state index contributed by atoms with van der Waals surface area (Å²) in [6.07, 6.45) is 14.7. The van der Waals surface area contributed by atoms with Crippen LogP contribution in [0.5, 0.6) is 0 Å². The molecule has 0 aromatic carbocycles. The Labute approximate surface area is 166 Å². The van der Waals surface area contributed by atoms with E-state index in [4.69, 9.17) is 9.84 Å². The number of ether oxygens (including phenoxy) is 1. The van der Waals surface area contributed by atoms with E-state index >= 15 is 0 Å². The zero-order valence-corrected chi connectivity index (χ0v) is 17.9. The van der Waals surface area contributed by atoms with Crippen LogP contribution in [0, 0.1) is 5.92 Å². The third-order valence-electron chi connectivity index (χ3n) is 5.31. The van der Waals surface area contributed by atoms with Gasteiger partial charge in [-0.2, -0.15) is 0 Å². The number of unbranched alkanes of at least 4 members (excludes halogenated alkanes) is 1. The average molecular weight is 386 g/mol. The summed E-state index contributed by atoms with van der Waals surface area (Å²) in [7, 11) is 2.01. The molecule has 0 saturated heterocycles. The highest BCUT2D eigenvalue weighted by molar-refractivity contribution is 5.80. The lowest BCUT2D eigenvalue weighted by Gasteiger charge is -2.26. The van der Waals surface area contributed by atoms with Crippen LogP contribution in [0.2, 0.25) is 0 Å². The lowest BCUT2D eigenvalue weighted by atomic mass is 9.83. The van der Waals surface area contributed by atoms with Crippen molar-refractivity contribution in [1.29, 1.82) is 0 Å². The standard InChI is InChI=1S/C10H19NO.C10H18O2.C2H6O/c1-3-10(12)8-4-6-9(11-2)7-5-8;11-8-4-5-9-12-10-6-2-1-3-7-10;1-2-3/h8-9,11H,3-7H2,1-2H3;8,10H,1-7,9H2;3H,2H2,1H3. The van der Waals surface area contributed by atoms with E-state index in [-0.39, 0.29) is 6.61 Å². The van der Waals surface area contributed by atoms with Crippen molar-refractivity contribution in [2.75, 3.05) is 20.3 Å². The predicted octanol–water partition coefficient (Wildman–Crippen LogP) is 4.06. The van der Waals surface area contributed by atoms with Crippen LogP contribution in [0.4, 0.5) is 0 Å². The number of carbonyl (C=O) groups excluding carboxylic acids is 2. The van der Waals surface area contributed by atoms with Crippen molar-refractivity contribution < 1.29 is 19.4 Å². The highest BCUT2D eigenvalue weighted by Gasteiger charge is 2.23. The van der Waals surface area contributed by atoms with Gasteiger partial charge in [0.15, 0.2) is 0 Å². The summed E-state index contributed by atoms with van der Waals surface area (Å²) in [6.45, 7) is 4.66. The summed E-state index contributed by atoms with van der Waals surface area (Å²) in [5, 5.41) is 10.8. The maximum absolute atomic E-state index is 11.3. The first-order valence-corrected chi connectivity index (χ1v) is 11.0. The van der Waals surface area contributed by atoms with Crippen LogP contribution in [-0.4, -0.2) is 49.6 Å². The van der Waals surface area contributed by atoms with Gasteiger partial charge < -0.3 is 20.0 Å². The Bertz CT molecular complexity index is 348. The number of aliphatic hydroxyl groups excluding tert-OH is 1. The number of Topliss-reactive ketones (excluding diaryl/α,β-unsaturated/α-hetero) is 1. The Hall–Kier alpha value is -0.780. The Balaban J connectivity index is 0.000000438. The zero-order valence-electron chi connectivity index (χ0n) is 17.9. The van der Waals surface area contributed by atoms with Gasteiger partial charge in [0.25, 0.3) is 0 Å². The first-order chi connectivity index (χ1) is 13.1. The molecule has 27 heavy (non-hydrogen) atoms. The van der Waals surface area contributed by atoms with Crippen molar-refractivity contribution in [3.63, 3.8) is 0 Å². The second-order valence-corrected chi connectivity index (χ2v) is 7.41. The quantitative estimate of drug-likeness (QED) is 0.487. The minimum Gasteiger partial charge on any atom is -0.397 e. The number of hydrogen-bond donors (Lipinski definition) is 2. The van der Waals surface area contributed by atoms with Gasteiger partial charge in [-0.15, -0.1) is 0 Å². The molecule has 0 aliphatic heterocycles. The van der Waals surface area contributed by atoms with E-state index in [1.54, 1.807) is 6.92 Å². The Morgan fingerprint density at radius 2 is 1.67 bits per heavy atom. The molecular weight excluding hydrogens is 342 g/mol. The zero-order chi connectivity index (χ0) is 20.3. The number of rotatable bonds is 8. The highest BCUT2D eigenvalue weighted by atomic mass is 16.5. The van der Waals surface area contributed by atoms with E-state index < -0.39 is 0 Å². The Kier molecular flexibility index (Phi) is 18.0. The Morgan fingerprint density at radius 3 is 2.15 bits per heavy atom. The van der Waals surface area contributed by atoms with Gasteiger partial charge in [-0.25, -0.2) is 0 Å². The molecule has 5 nitrogen and oxygen atoms in total. The summed E-state index contributed by atoms with van der Waals surface area (Å²) < 4.78 is 5.63. The first-order valence-electron chi connectivity index (χ1n) is 11.0. The third kappa shape index (κ3) is 14.0. The van der Waals surface area contributed by atoms with Crippen LogP contribution in [0.1, 0.15) is 90.9 Å². The molecule has 2 aliphatic rings. The first kappa shape index (κ1) is 26.2. The molecule has 0 amide bonds. The number of nitrogens with one attached hydrogen (secondary N) is 1. The Morgan fingerprint density at radius 1 is 1.07 bits per heavy atom. The average Bonchev–Trinajstić information content (AvgIpc) is 2.72. The van der Waals surface area contributed by atoms with Crippen molar-refractivity contribution in [3.8, 4) is 0 Å². The molecule has 160 valence electrons. The fourth-order valence-corrected chi connectivity index (χ4v) is 3.64. The van der Waals surface area contributed by atoms with Crippen molar-refractivity contribution in [3.05, 3.63) is 0 Å². The number of ketones is 1. The highest BCUT2D eigenvalue weighted by Crippen LogP contribution is 2.25. The molecule has 0 unspecified atom stereocenters. The molecule has 0 atom stereocenters. The predicted molar refractivity (Wildman–Crippen MR) is 111 cm³/mol. The minimum atomic E-state index is 0.250. The van der Waals surface area contributed by atoms with Gasteiger partial charge >= 0.3 is 0 Å². The molecule has 5 heteroatoms. The van der Waals surface area contributed by atoms with Gasteiger partial charge in [-0.05, 0) is 58.9 Å². The summed E-state index contributed by atoms with van der Waals surface area (Å²) in [4.78, 5) is 21.3. The van der Waals surface area contributed by atoms with Crippen molar-refractivity contribution in [1.82, 2.24) is 5.32 Å². The molecule has 0 heterocycles. The fraction of sp³-hybridized carbons (Fsp3) is 0.909. The van der Waals surface area contributed by atoms with Gasteiger partial charge in [-0.1, -0.05) is 26.2 Å². The molecule has 2 aliphatic carbocycles. The van der Waals surface area contributed by atoms with E-state index in [9.17, 15) is 9.59 Å². The molecule has 2 N–H and O–H groups in total. The minimum absolute atomic E-state index is 0.250. The molecule has 2 fully saturated rings. The SMILES string of the molecule is CCC(=O)C1CCC(NC)CC1.CCO.O=CCCCOC1CCCCC1. The normalized spacial score (nSPS) is 22.7. The van der Waals surface area contributed by atoms with E-state index in [1.807, 2.05) is 14.0 Å². The third-order valence-corrected chi connectivity index (χ3v) is 5.31. The monoisotopic (exact) mass is 385 g/mol. The lowest BCUT2D eigenvalue weighted by Crippen LogP contribution is -2.32. The summed E-state index contributed by atoms with van der Waals surface area (Å²) in [5.74, 6) is 0.837. The number of carbonyl (C=O) groups is 2. The molecule has 0 radical (unpaired) electrons. The fourth-order valence-electron chi connectivity index (χ4n) is 3.64. The summed E-state index contributed by atoms with van der Waals surface area (Å²) in [6, 6.07) is 0.658. The second kappa shape index (κ2) is 18.6. The number of hydrogen-bond acceptors (Lipinski definition) is 5. The molecular formula is C22H43NO4. The van der Waals surface area contributed by atoms with Crippen LogP contribution in [0.15, 0.2) is 0 Å². The van der Waals surface area contributed by atoms with Crippen molar-refractivity contribution in [2.45, 2.75) is 103 Å². The van der Waals surface area contributed by atoms with Crippen molar-refractivity contribution >= 4 is 12.1 Å². The summed E-state index contributed by atoms with van der Waals surface area (Å²) in [5.41, 5.74) is 0. The maximum atomic E-state index is 11.3. The smallest absolute Gasteiger partial charge is 0.135 e. The molecule has 0 bridgehead atoms. The lowest BCUT2D eigenvalue weighted by molar-refractivity contribution is -0.123. The van der Waals surface area contributed by atoms with E-state index in [1.165, 1.54) is 44.9 Å². The maximum Gasteiger partial charge on any atom is 0.135 e. The number of aldehydes is 1. The van der Waals surface area contributed by atoms with Gasteiger partial charge in [0.05, 0.1) is 6.10 Å². The van der Waals surface area contributed by atoms with Crippen LogP contribution >= 0.6 is 0 Å². The van der Waals surface area contributed by atoms with Gasteiger partial charge in [0.1, 0.15) is 12.1 Å². The molecule has 0 spiro atoms. The molecule has 2 rings (SSSR count). The molecule has 0 aromatic heterocycles. The summed E-state index contributed by atoms with van der Waals surface area (Å²) >= 11 is 0. The van der Waals surface area contributed by atoms with E-state index in [0.717, 1.165) is 38.6 Å². The largest absolute Gasteiger partial charge is 0.397 e. The van der Waals surface area contributed by atoms with Crippen LogP contribution in [-0.2, 0) is 14.3 Å². The van der Waals surface area contributed by atoms with Crippen LogP contribution in [0.3, 0.4) is 0 Å². The van der Waals surface area contributed by atoms with Gasteiger partial charge in [0, 0.05) is 38.0 Å². The molecule has 2 saturated carbocycles. The molecule has 0 aromatic rings.